The maximum absolute atomic E-state index is 12.7. The summed E-state index contributed by atoms with van der Waals surface area (Å²) < 4.78 is 0. The van der Waals surface area contributed by atoms with Crippen molar-refractivity contribution in [2.75, 3.05) is 13.1 Å². The van der Waals surface area contributed by atoms with Gasteiger partial charge in [0.1, 0.15) is 0 Å². The van der Waals surface area contributed by atoms with Crippen LogP contribution in [-0.4, -0.2) is 34.9 Å². The molecule has 1 aliphatic heterocycles. The number of aromatic amines is 1. The molecule has 26 heavy (non-hydrogen) atoms. The van der Waals surface area contributed by atoms with Gasteiger partial charge in [0, 0.05) is 36.1 Å². The zero-order valence-electron chi connectivity index (χ0n) is 14.4. The first-order valence-electron chi connectivity index (χ1n) is 8.81. The standard InChI is InChI=1S/C21H21N3O2/c22-18-13-24(12-17(18)14-6-2-1-3-7-14)20(25)11-16-10-15-8-4-5-9-19(15)23-21(16)26/h1-10,17-18H,11-13,22H2,(H,23,26)/t17-,18+/m0/s1. The smallest absolute Gasteiger partial charge is 0.252 e. The third-order valence-electron chi connectivity index (χ3n) is 5.12. The van der Waals surface area contributed by atoms with Gasteiger partial charge in [-0.3, -0.25) is 9.59 Å². The van der Waals surface area contributed by atoms with Crippen LogP contribution in [0.1, 0.15) is 17.0 Å². The lowest BCUT2D eigenvalue weighted by Crippen LogP contribution is -2.34. The number of nitrogens with one attached hydrogen (secondary N) is 1. The molecule has 0 saturated carbocycles. The first kappa shape index (κ1) is 16.5. The fraction of sp³-hybridized carbons (Fsp3) is 0.238. The molecular weight excluding hydrogens is 326 g/mol. The number of para-hydroxylation sites is 1. The van der Waals surface area contributed by atoms with Crippen LogP contribution in [0.3, 0.4) is 0 Å². The molecule has 5 nitrogen and oxygen atoms in total. The maximum Gasteiger partial charge on any atom is 0.252 e. The Morgan fingerprint density at radius 2 is 1.81 bits per heavy atom. The van der Waals surface area contributed by atoms with Crippen molar-refractivity contribution in [3.8, 4) is 0 Å². The lowest BCUT2D eigenvalue weighted by atomic mass is 9.95. The molecule has 2 aromatic carbocycles. The van der Waals surface area contributed by atoms with E-state index >= 15 is 0 Å². The number of hydrogen-bond donors (Lipinski definition) is 2. The van der Waals surface area contributed by atoms with E-state index in [2.05, 4.69) is 4.98 Å². The minimum absolute atomic E-state index is 0.0559. The third kappa shape index (κ3) is 3.13. The quantitative estimate of drug-likeness (QED) is 0.761. The third-order valence-corrected chi connectivity index (χ3v) is 5.12. The Labute approximate surface area is 151 Å². The number of hydrogen-bond acceptors (Lipinski definition) is 3. The van der Waals surface area contributed by atoms with Crippen LogP contribution in [0.5, 0.6) is 0 Å². The van der Waals surface area contributed by atoms with Crippen molar-refractivity contribution in [1.29, 1.82) is 0 Å². The van der Waals surface area contributed by atoms with Crippen molar-refractivity contribution >= 4 is 16.8 Å². The Kier molecular flexibility index (Phi) is 4.31. The zero-order valence-corrected chi connectivity index (χ0v) is 14.4. The first-order chi connectivity index (χ1) is 12.6. The van der Waals surface area contributed by atoms with E-state index in [0.717, 1.165) is 16.5 Å². The molecule has 2 atom stereocenters. The lowest BCUT2D eigenvalue weighted by Gasteiger charge is -2.16. The number of carbonyl (C=O) groups is 1. The van der Waals surface area contributed by atoms with Crippen molar-refractivity contribution in [2.45, 2.75) is 18.4 Å². The van der Waals surface area contributed by atoms with Gasteiger partial charge in [-0.05, 0) is 23.1 Å². The number of likely N-dealkylation sites (tertiary alicyclic amines) is 1. The molecule has 3 N–H and O–H groups in total. The van der Waals surface area contributed by atoms with E-state index in [1.54, 1.807) is 11.0 Å². The van der Waals surface area contributed by atoms with Crippen LogP contribution in [0.4, 0.5) is 0 Å². The zero-order chi connectivity index (χ0) is 18.1. The Hall–Kier alpha value is -2.92. The molecule has 1 aromatic heterocycles. The highest BCUT2D eigenvalue weighted by molar-refractivity contribution is 5.83. The van der Waals surface area contributed by atoms with Crippen LogP contribution >= 0.6 is 0 Å². The molecule has 0 spiro atoms. The molecule has 0 aliphatic carbocycles. The summed E-state index contributed by atoms with van der Waals surface area (Å²) >= 11 is 0. The van der Waals surface area contributed by atoms with E-state index in [1.807, 2.05) is 54.6 Å². The summed E-state index contributed by atoms with van der Waals surface area (Å²) in [5.41, 5.74) is 8.49. The van der Waals surface area contributed by atoms with Gasteiger partial charge in [-0.1, -0.05) is 48.5 Å². The molecule has 5 heteroatoms. The van der Waals surface area contributed by atoms with Crippen LogP contribution in [0.25, 0.3) is 10.9 Å². The average Bonchev–Trinajstić information content (AvgIpc) is 3.05. The molecular formula is C21H21N3O2. The van der Waals surface area contributed by atoms with E-state index in [0.29, 0.717) is 18.7 Å². The first-order valence-corrected chi connectivity index (χ1v) is 8.81. The number of nitrogens with zero attached hydrogens (tertiary/aromatic N) is 1. The van der Waals surface area contributed by atoms with E-state index in [-0.39, 0.29) is 29.8 Å². The van der Waals surface area contributed by atoms with Crippen molar-refractivity contribution in [1.82, 2.24) is 9.88 Å². The summed E-state index contributed by atoms with van der Waals surface area (Å²) in [6, 6.07) is 19.3. The summed E-state index contributed by atoms with van der Waals surface area (Å²) in [4.78, 5) is 29.6. The number of rotatable bonds is 3. The predicted octanol–water partition coefficient (Wildman–Crippen LogP) is 2.02. The largest absolute Gasteiger partial charge is 0.340 e. The maximum atomic E-state index is 12.7. The minimum Gasteiger partial charge on any atom is -0.340 e. The van der Waals surface area contributed by atoms with Gasteiger partial charge in [-0.15, -0.1) is 0 Å². The fourth-order valence-corrected chi connectivity index (χ4v) is 3.68. The van der Waals surface area contributed by atoms with E-state index in [1.165, 1.54) is 0 Å². The number of nitrogens with two attached hydrogens (primary N) is 1. The summed E-state index contributed by atoms with van der Waals surface area (Å²) in [5, 5.41) is 0.926. The second-order valence-electron chi connectivity index (χ2n) is 6.87. The Morgan fingerprint density at radius 3 is 2.62 bits per heavy atom. The highest BCUT2D eigenvalue weighted by atomic mass is 16.2. The lowest BCUT2D eigenvalue weighted by molar-refractivity contribution is -0.129. The average molecular weight is 347 g/mol. The van der Waals surface area contributed by atoms with E-state index in [4.69, 9.17) is 5.73 Å². The van der Waals surface area contributed by atoms with Gasteiger partial charge in [-0.2, -0.15) is 0 Å². The van der Waals surface area contributed by atoms with Crippen LogP contribution in [0.2, 0.25) is 0 Å². The molecule has 132 valence electrons. The van der Waals surface area contributed by atoms with E-state index < -0.39 is 0 Å². The number of aromatic nitrogens is 1. The molecule has 0 bridgehead atoms. The van der Waals surface area contributed by atoms with Crippen LogP contribution < -0.4 is 11.3 Å². The summed E-state index contributed by atoms with van der Waals surface area (Å²) in [5.74, 6) is 0.0784. The topological polar surface area (TPSA) is 79.2 Å². The van der Waals surface area contributed by atoms with Crippen LogP contribution in [0, 0.1) is 0 Å². The number of H-pyrrole nitrogens is 1. The summed E-state index contributed by atoms with van der Waals surface area (Å²) in [6.07, 6.45) is 0.0917. The fourth-order valence-electron chi connectivity index (χ4n) is 3.68. The van der Waals surface area contributed by atoms with Gasteiger partial charge in [0.25, 0.3) is 5.56 Å². The highest BCUT2D eigenvalue weighted by Crippen LogP contribution is 2.26. The van der Waals surface area contributed by atoms with Crippen LogP contribution in [0.15, 0.2) is 65.5 Å². The van der Waals surface area contributed by atoms with Gasteiger partial charge in [0.15, 0.2) is 0 Å². The second-order valence-corrected chi connectivity index (χ2v) is 6.87. The molecule has 2 heterocycles. The molecule has 4 rings (SSSR count). The molecule has 0 radical (unpaired) electrons. The number of pyridine rings is 1. The van der Waals surface area contributed by atoms with Crippen molar-refractivity contribution in [3.05, 3.63) is 82.1 Å². The Bertz CT molecular complexity index is 997. The van der Waals surface area contributed by atoms with Gasteiger partial charge in [0.2, 0.25) is 5.91 Å². The SMILES string of the molecule is N[C@@H]1CN(C(=O)Cc2cc3ccccc3[nH]c2=O)C[C@H]1c1ccccc1. The van der Waals surface area contributed by atoms with Crippen LogP contribution in [-0.2, 0) is 11.2 Å². The molecule has 3 aromatic rings. The van der Waals surface area contributed by atoms with Gasteiger partial charge < -0.3 is 15.6 Å². The van der Waals surface area contributed by atoms with Gasteiger partial charge in [0.05, 0.1) is 6.42 Å². The second kappa shape index (κ2) is 6.77. The monoisotopic (exact) mass is 347 g/mol. The number of carbonyl (C=O) groups excluding carboxylic acids is 1. The minimum atomic E-state index is -0.208. The normalized spacial score (nSPS) is 19.8. The summed E-state index contributed by atoms with van der Waals surface area (Å²) in [7, 11) is 0. The Morgan fingerprint density at radius 1 is 1.08 bits per heavy atom. The molecule has 1 saturated heterocycles. The predicted molar refractivity (Wildman–Crippen MR) is 102 cm³/mol. The molecule has 1 amide bonds. The van der Waals surface area contributed by atoms with Gasteiger partial charge >= 0.3 is 0 Å². The van der Waals surface area contributed by atoms with Crippen molar-refractivity contribution < 1.29 is 4.79 Å². The van der Waals surface area contributed by atoms with Gasteiger partial charge in [-0.25, -0.2) is 0 Å². The summed E-state index contributed by atoms with van der Waals surface area (Å²) in [6.45, 7) is 1.11. The molecule has 0 unspecified atom stereocenters. The Balaban J connectivity index is 1.52. The number of amides is 1. The number of fused-ring (bicyclic) bond motifs is 1. The highest BCUT2D eigenvalue weighted by Gasteiger charge is 2.33. The molecule has 1 fully saturated rings. The van der Waals surface area contributed by atoms with Crippen molar-refractivity contribution in [3.63, 3.8) is 0 Å². The van der Waals surface area contributed by atoms with Crippen molar-refractivity contribution in [2.24, 2.45) is 5.73 Å². The number of benzene rings is 2. The van der Waals surface area contributed by atoms with E-state index in [9.17, 15) is 9.59 Å². The molecule has 1 aliphatic rings.